The van der Waals surface area contributed by atoms with Crippen molar-refractivity contribution < 1.29 is 27.9 Å². The van der Waals surface area contributed by atoms with Crippen LogP contribution in [0.2, 0.25) is 0 Å². The minimum atomic E-state index is -4.04. The van der Waals surface area contributed by atoms with E-state index < -0.39 is 33.6 Å². The number of anilines is 1. The molecule has 0 aliphatic carbocycles. The van der Waals surface area contributed by atoms with Crippen LogP contribution in [0.25, 0.3) is 0 Å². The third-order valence-electron chi connectivity index (χ3n) is 5.18. The Bertz CT molecular complexity index is 1100. The highest BCUT2D eigenvalue weighted by atomic mass is 32.2. The molecule has 2 aromatic carbocycles. The van der Waals surface area contributed by atoms with Crippen LogP contribution in [0.5, 0.6) is 5.75 Å². The predicted octanol–water partition coefficient (Wildman–Crippen LogP) is 1.89. The van der Waals surface area contributed by atoms with Crippen LogP contribution >= 0.6 is 0 Å². The fraction of sp³-hybridized carbons (Fsp3) is 0.364. The average Bonchev–Trinajstić information content (AvgIpc) is 2.94. The van der Waals surface area contributed by atoms with E-state index in [1.165, 1.54) is 19.2 Å². The molecule has 0 aromatic heterocycles. The van der Waals surface area contributed by atoms with Crippen molar-refractivity contribution in [1.82, 2.24) is 10.2 Å². The maximum Gasteiger partial charge on any atom is 0.325 e. The third kappa shape index (κ3) is 4.71. The van der Waals surface area contributed by atoms with Crippen LogP contribution in [0.15, 0.2) is 53.4 Å². The van der Waals surface area contributed by atoms with Gasteiger partial charge in [0.25, 0.3) is 15.9 Å². The summed E-state index contributed by atoms with van der Waals surface area (Å²) in [6, 6.07) is 12.1. The number of carbonyl (C=O) groups is 2. The van der Waals surface area contributed by atoms with E-state index in [0.29, 0.717) is 11.4 Å². The molecule has 9 nitrogen and oxygen atoms in total. The summed E-state index contributed by atoms with van der Waals surface area (Å²) >= 11 is 0. The molecule has 0 saturated carbocycles. The average molecular weight is 462 g/mol. The number of aliphatic hydroxyl groups excluding tert-OH is 1. The summed E-state index contributed by atoms with van der Waals surface area (Å²) in [5.41, 5.74) is 0.129. The van der Waals surface area contributed by atoms with Crippen LogP contribution in [0, 0.1) is 6.92 Å². The molecular weight excluding hydrogens is 434 g/mol. The van der Waals surface area contributed by atoms with E-state index in [-0.39, 0.29) is 18.0 Å². The zero-order chi connectivity index (χ0) is 23.7. The second kappa shape index (κ2) is 8.79. The molecule has 1 saturated heterocycles. The van der Waals surface area contributed by atoms with Crippen LogP contribution in [0.1, 0.15) is 19.4 Å². The number of β-amino-alcohol motifs (C(OH)–C–C–N with tert-alkyl or cyclic N) is 1. The first-order valence-corrected chi connectivity index (χ1v) is 11.5. The Morgan fingerprint density at radius 2 is 1.69 bits per heavy atom. The van der Waals surface area contributed by atoms with Crippen molar-refractivity contribution in [1.29, 1.82) is 0 Å². The first-order valence-electron chi connectivity index (χ1n) is 10.0. The number of methoxy groups -OCH3 is 1. The van der Waals surface area contributed by atoms with Gasteiger partial charge in [0.05, 0.1) is 36.9 Å². The van der Waals surface area contributed by atoms with Crippen LogP contribution in [0.3, 0.4) is 0 Å². The molecule has 2 N–H and O–H groups in total. The number of aryl methyl sites for hydroxylation is 1. The molecule has 2 aromatic rings. The lowest BCUT2D eigenvalue weighted by Crippen LogP contribution is -2.45. The van der Waals surface area contributed by atoms with E-state index in [1.807, 2.05) is 6.92 Å². The Morgan fingerprint density at radius 1 is 1.09 bits per heavy atom. The molecule has 1 aliphatic rings. The van der Waals surface area contributed by atoms with Gasteiger partial charge >= 0.3 is 6.03 Å². The zero-order valence-electron chi connectivity index (χ0n) is 18.4. The van der Waals surface area contributed by atoms with E-state index in [0.717, 1.165) is 14.8 Å². The molecule has 172 valence electrons. The van der Waals surface area contributed by atoms with Crippen molar-refractivity contribution in [3.05, 3.63) is 54.1 Å². The molecule has 1 aliphatic heterocycles. The third-order valence-corrected chi connectivity index (χ3v) is 6.99. The number of aliphatic hydroxyl groups is 1. The second-order valence-corrected chi connectivity index (χ2v) is 10.0. The van der Waals surface area contributed by atoms with Gasteiger partial charge in [0, 0.05) is 0 Å². The van der Waals surface area contributed by atoms with Gasteiger partial charge in [-0.25, -0.2) is 13.2 Å². The Labute approximate surface area is 187 Å². The minimum Gasteiger partial charge on any atom is -0.497 e. The maximum atomic E-state index is 13.4. The fourth-order valence-corrected chi connectivity index (χ4v) is 4.87. The number of ether oxygens (including phenoxy) is 1. The number of sulfonamides is 1. The van der Waals surface area contributed by atoms with Gasteiger partial charge in [-0.05, 0) is 57.2 Å². The van der Waals surface area contributed by atoms with Gasteiger partial charge < -0.3 is 15.2 Å². The van der Waals surface area contributed by atoms with Crippen molar-refractivity contribution in [3.63, 3.8) is 0 Å². The number of rotatable bonds is 8. The molecule has 32 heavy (non-hydrogen) atoms. The summed E-state index contributed by atoms with van der Waals surface area (Å²) in [7, 11) is -2.54. The monoisotopic (exact) mass is 461 g/mol. The molecule has 0 unspecified atom stereocenters. The lowest BCUT2D eigenvalue weighted by molar-refractivity contribution is -0.131. The normalized spacial score (nSPS) is 16.6. The van der Waals surface area contributed by atoms with Crippen LogP contribution in [-0.4, -0.2) is 62.2 Å². The van der Waals surface area contributed by atoms with Gasteiger partial charge in [-0.3, -0.25) is 14.0 Å². The number of hydrogen-bond acceptors (Lipinski definition) is 6. The summed E-state index contributed by atoms with van der Waals surface area (Å²) in [4.78, 5) is 25.5. The lowest BCUT2D eigenvalue weighted by Gasteiger charge is -2.28. The van der Waals surface area contributed by atoms with Crippen molar-refractivity contribution in [3.8, 4) is 5.75 Å². The lowest BCUT2D eigenvalue weighted by atomic mass is 10.1. The number of nitrogens with one attached hydrogen (secondary N) is 1. The van der Waals surface area contributed by atoms with Gasteiger partial charge in [-0.15, -0.1) is 0 Å². The summed E-state index contributed by atoms with van der Waals surface area (Å²) in [5.74, 6) is 0.0579. The molecular formula is C22H27N3O6S. The second-order valence-electron chi connectivity index (χ2n) is 8.17. The van der Waals surface area contributed by atoms with Crippen molar-refractivity contribution >= 4 is 27.6 Å². The zero-order valence-corrected chi connectivity index (χ0v) is 19.2. The summed E-state index contributed by atoms with van der Waals surface area (Å²) in [5, 5.41) is 13.2. The van der Waals surface area contributed by atoms with E-state index >= 15 is 0 Å². The predicted molar refractivity (Wildman–Crippen MR) is 119 cm³/mol. The summed E-state index contributed by atoms with van der Waals surface area (Å²) in [6.07, 6.45) is -1.32. The topological polar surface area (TPSA) is 116 Å². The van der Waals surface area contributed by atoms with E-state index in [4.69, 9.17) is 4.74 Å². The smallest absolute Gasteiger partial charge is 0.325 e. The molecule has 10 heteroatoms. The number of urea groups is 1. The number of amides is 3. The summed E-state index contributed by atoms with van der Waals surface area (Å²) < 4.78 is 33.1. The first-order chi connectivity index (χ1) is 15.0. The van der Waals surface area contributed by atoms with Gasteiger partial charge in [-0.1, -0.05) is 17.7 Å². The highest BCUT2D eigenvalue weighted by molar-refractivity contribution is 7.92. The van der Waals surface area contributed by atoms with Gasteiger partial charge in [-0.2, -0.15) is 0 Å². The van der Waals surface area contributed by atoms with Gasteiger partial charge in [0.15, 0.2) is 0 Å². The largest absolute Gasteiger partial charge is 0.497 e. The fourth-order valence-electron chi connectivity index (χ4n) is 3.37. The molecule has 0 radical (unpaired) electrons. The van der Waals surface area contributed by atoms with Crippen molar-refractivity contribution in [2.45, 2.75) is 37.3 Å². The summed E-state index contributed by atoms with van der Waals surface area (Å²) in [6.45, 7) is 4.27. The minimum absolute atomic E-state index is 0.0576. The van der Waals surface area contributed by atoms with Crippen molar-refractivity contribution in [2.24, 2.45) is 0 Å². The molecule has 0 spiro atoms. The standard InChI is InChI=1S/C22H27N3O6S/c1-15-5-11-19(12-6-15)32(29,30)25(16-7-9-18(31-4)10-8-16)14-17(26)13-24-20(27)22(2,3)23-21(24)28/h5-12,17,26H,13-14H2,1-4H3,(H,23,28)/t17-/m1/s1. The van der Waals surface area contributed by atoms with Crippen LogP contribution < -0.4 is 14.4 Å². The highest BCUT2D eigenvalue weighted by Gasteiger charge is 2.45. The Balaban J connectivity index is 1.91. The first kappa shape index (κ1) is 23.6. The van der Waals surface area contributed by atoms with Gasteiger partial charge in [0.1, 0.15) is 11.3 Å². The molecule has 3 amide bonds. The van der Waals surface area contributed by atoms with E-state index in [1.54, 1.807) is 50.2 Å². The quantitative estimate of drug-likeness (QED) is 0.580. The van der Waals surface area contributed by atoms with Crippen LogP contribution in [-0.2, 0) is 14.8 Å². The Kier molecular flexibility index (Phi) is 6.47. The van der Waals surface area contributed by atoms with Crippen molar-refractivity contribution in [2.75, 3.05) is 24.5 Å². The van der Waals surface area contributed by atoms with E-state index in [9.17, 15) is 23.1 Å². The number of carbonyl (C=O) groups excluding carboxylic acids is 2. The number of imide groups is 1. The van der Waals surface area contributed by atoms with Crippen LogP contribution in [0.4, 0.5) is 10.5 Å². The number of nitrogens with zero attached hydrogens (tertiary/aromatic N) is 2. The Hall–Kier alpha value is -3.11. The molecule has 1 fully saturated rings. The Morgan fingerprint density at radius 3 is 2.19 bits per heavy atom. The maximum absolute atomic E-state index is 13.4. The molecule has 0 bridgehead atoms. The molecule has 1 heterocycles. The molecule has 1 atom stereocenters. The SMILES string of the molecule is COc1ccc(N(C[C@H](O)CN2C(=O)NC(C)(C)C2=O)S(=O)(=O)c2ccc(C)cc2)cc1. The number of hydrogen-bond donors (Lipinski definition) is 2. The van der Waals surface area contributed by atoms with Gasteiger partial charge in [0.2, 0.25) is 0 Å². The van der Waals surface area contributed by atoms with E-state index in [2.05, 4.69) is 5.32 Å². The molecule has 3 rings (SSSR count). The highest BCUT2D eigenvalue weighted by Crippen LogP contribution is 2.27. The number of benzene rings is 2.